The van der Waals surface area contributed by atoms with Gasteiger partial charge in [-0.2, -0.15) is 4.31 Å². The van der Waals surface area contributed by atoms with Crippen LogP contribution in [0.4, 0.5) is 0 Å². The highest BCUT2D eigenvalue weighted by atomic mass is 32.2. The summed E-state index contributed by atoms with van der Waals surface area (Å²) in [6.45, 7) is 5.01. The quantitative estimate of drug-likeness (QED) is 0.605. The van der Waals surface area contributed by atoms with Crippen molar-refractivity contribution in [2.75, 3.05) is 40.8 Å². The number of likely N-dealkylation sites (N-methyl/N-ethyl adjacent to an activating group) is 1. The van der Waals surface area contributed by atoms with Crippen molar-refractivity contribution >= 4 is 21.9 Å². The fourth-order valence-electron chi connectivity index (χ4n) is 3.63. The molecule has 0 spiro atoms. The van der Waals surface area contributed by atoms with Crippen LogP contribution in [0, 0.1) is 11.8 Å². The van der Waals surface area contributed by atoms with E-state index in [9.17, 15) is 18.0 Å². The van der Waals surface area contributed by atoms with Crippen LogP contribution in [0.3, 0.4) is 0 Å². The van der Waals surface area contributed by atoms with Crippen molar-refractivity contribution in [1.82, 2.24) is 14.1 Å². The lowest BCUT2D eigenvalue weighted by atomic mass is 10.00. The summed E-state index contributed by atoms with van der Waals surface area (Å²) in [6, 6.07) is -0.666. The zero-order chi connectivity index (χ0) is 18.9. The van der Waals surface area contributed by atoms with Gasteiger partial charge in [0.25, 0.3) is 0 Å². The van der Waals surface area contributed by atoms with Gasteiger partial charge < -0.3 is 9.64 Å². The molecule has 0 unspecified atom stereocenters. The highest BCUT2D eigenvalue weighted by molar-refractivity contribution is 7.89. The molecular formula is C16H29N3O5S. The third kappa shape index (κ3) is 3.83. The average Bonchev–Trinajstić information content (AvgIpc) is 3.02. The number of ether oxygens (including phenoxy) is 1. The molecule has 0 bridgehead atoms. The molecule has 2 rings (SSSR count). The summed E-state index contributed by atoms with van der Waals surface area (Å²) >= 11 is 0. The standard InChI is InChI=1S/C16H29N3O5S/c1-11(2)14(16(21)24-5)18(4)15(20)12-6-9-19(10-12)25(22,23)13-7-8-17(13)3/h11-14H,6-10H2,1-5H3/t12-,13-,14-/m0/s1. The number of hydrogen-bond donors (Lipinski definition) is 0. The average molecular weight is 375 g/mol. The molecule has 0 aromatic carbocycles. The zero-order valence-corrected chi connectivity index (χ0v) is 16.5. The molecule has 0 N–H and O–H groups in total. The van der Waals surface area contributed by atoms with Crippen molar-refractivity contribution in [2.45, 2.75) is 38.1 Å². The highest BCUT2D eigenvalue weighted by Crippen LogP contribution is 2.29. The van der Waals surface area contributed by atoms with Crippen LogP contribution in [0.2, 0.25) is 0 Å². The smallest absolute Gasteiger partial charge is 0.328 e. The molecule has 9 heteroatoms. The number of methoxy groups -OCH3 is 1. The van der Waals surface area contributed by atoms with Gasteiger partial charge in [-0.25, -0.2) is 13.2 Å². The maximum Gasteiger partial charge on any atom is 0.328 e. The third-order valence-corrected chi connectivity index (χ3v) is 7.60. The van der Waals surface area contributed by atoms with Gasteiger partial charge in [-0.15, -0.1) is 0 Å². The minimum Gasteiger partial charge on any atom is -0.467 e. The first-order valence-electron chi connectivity index (χ1n) is 8.65. The molecule has 0 aromatic heterocycles. The summed E-state index contributed by atoms with van der Waals surface area (Å²) in [5, 5.41) is -0.474. The number of likely N-dealkylation sites (tertiary alicyclic amines) is 1. The summed E-state index contributed by atoms with van der Waals surface area (Å²) in [7, 11) is 1.27. The molecule has 0 aliphatic carbocycles. The van der Waals surface area contributed by atoms with Crippen molar-refractivity contribution in [3.63, 3.8) is 0 Å². The molecule has 25 heavy (non-hydrogen) atoms. The number of rotatable bonds is 6. The molecule has 0 radical (unpaired) electrons. The van der Waals surface area contributed by atoms with Gasteiger partial charge in [0, 0.05) is 26.7 Å². The predicted molar refractivity (Wildman–Crippen MR) is 93.0 cm³/mol. The number of amides is 1. The number of nitrogens with zero attached hydrogens (tertiary/aromatic N) is 3. The lowest BCUT2D eigenvalue weighted by molar-refractivity contribution is -0.155. The molecule has 2 fully saturated rings. The summed E-state index contributed by atoms with van der Waals surface area (Å²) in [5.41, 5.74) is 0. The van der Waals surface area contributed by atoms with Crippen LogP contribution in [-0.4, -0.2) is 86.7 Å². The van der Waals surface area contributed by atoms with Crippen LogP contribution in [0.15, 0.2) is 0 Å². The highest BCUT2D eigenvalue weighted by Gasteiger charge is 2.45. The van der Waals surface area contributed by atoms with Gasteiger partial charge in [0.1, 0.15) is 11.4 Å². The lowest BCUT2D eigenvalue weighted by Crippen LogP contribution is -2.54. The first kappa shape index (κ1) is 20.1. The molecule has 1 amide bonds. The van der Waals surface area contributed by atoms with Gasteiger partial charge in [0.05, 0.1) is 13.0 Å². The van der Waals surface area contributed by atoms with Crippen molar-refractivity contribution in [3.8, 4) is 0 Å². The van der Waals surface area contributed by atoms with Gasteiger partial charge in [0.15, 0.2) is 0 Å². The van der Waals surface area contributed by atoms with Gasteiger partial charge >= 0.3 is 5.97 Å². The van der Waals surface area contributed by atoms with Gasteiger partial charge in [0.2, 0.25) is 15.9 Å². The Bertz CT molecular complexity index is 621. The minimum atomic E-state index is -3.40. The van der Waals surface area contributed by atoms with Crippen molar-refractivity contribution < 1.29 is 22.7 Å². The maximum absolute atomic E-state index is 12.8. The van der Waals surface area contributed by atoms with E-state index in [0.717, 1.165) is 6.54 Å². The first-order chi connectivity index (χ1) is 11.6. The predicted octanol–water partition coefficient (Wildman–Crippen LogP) is -0.0443. The van der Waals surface area contributed by atoms with Crippen molar-refractivity contribution in [2.24, 2.45) is 11.8 Å². The molecule has 0 aromatic rings. The van der Waals surface area contributed by atoms with Crippen LogP contribution < -0.4 is 0 Å². The molecule has 144 valence electrons. The largest absolute Gasteiger partial charge is 0.467 e. The summed E-state index contributed by atoms with van der Waals surface area (Å²) in [4.78, 5) is 28.0. The second-order valence-electron chi connectivity index (χ2n) is 7.27. The summed E-state index contributed by atoms with van der Waals surface area (Å²) in [5.74, 6) is -1.17. The first-order valence-corrected chi connectivity index (χ1v) is 10.1. The SMILES string of the molecule is COC(=O)[C@H](C(C)C)N(C)C(=O)[C@H]1CCN(S(=O)(=O)[C@H]2CCN2C)C1. The molecular weight excluding hydrogens is 346 g/mol. The van der Waals surface area contributed by atoms with E-state index < -0.39 is 33.3 Å². The monoisotopic (exact) mass is 375 g/mol. The Morgan fingerprint density at radius 2 is 1.84 bits per heavy atom. The minimum absolute atomic E-state index is 0.0914. The Labute approximate surface area is 150 Å². The Hall–Kier alpha value is -1.19. The van der Waals surface area contributed by atoms with Gasteiger partial charge in [-0.3, -0.25) is 9.69 Å². The Balaban J connectivity index is 2.05. The zero-order valence-electron chi connectivity index (χ0n) is 15.6. The molecule has 2 aliphatic heterocycles. The van der Waals surface area contributed by atoms with Gasteiger partial charge in [-0.05, 0) is 25.8 Å². The topological polar surface area (TPSA) is 87.2 Å². The molecule has 0 saturated carbocycles. The van der Waals surface area contributed by atoms with E-state index in [0.29, 0.717) is 19.4 Å². The fourth-order valence-corrected chi connectivity index (χ4v) is 5.68. The third-order valence-electron chi connectivity index (χ3n) is 5.26. The van der Waals surface area contributed by atoms with E-state index in [-0.39, 0.29) is 18.4 Å². The van der Waals surface area contributed by atoms with Crippen LogP contribution in [0.5, 0.6) is 0 Å². The Morgan fingerprint density at radius 3 is 2.28 bits per heavy atom. The molecule has 2 heterocycles. The van der Waals surface area contributed by atoms with E-state index >= 15 is 0 Å². The van der Waals surface area contributed by atoms with E-state index in [1.54, 1.807) is 14.1 Å². The lowest BCUT2D eigenvalue weighted by Gasteiger charge is -2.39. The van der Waals surface area contributed by atoms with E-state index in [1.807, 2.05) is 18.7 Å². The second-order valence-corrected chi connectivity index (χ2v) is 9.36. The molecule has 2 saturated heterocycles. The number of esters is 1. The molecule has 3 atom stereocenters. The number of sulfonamides is 1. The Kier molecular flexibility index (Phi) is 6.11. The number of carbonyl (C=O) groups is 2. The van der Waals surface area contributed by atoms with Crippen LogP contribution in [0.1, 0.15) is 26.7 Å². The summed E-state index contributed by atoms with van der Waals surface area (Å²) in [6.07, 6.45) is 1.11. The normalized spacial score (nSPS) is 26.3. The van der Waals surface area contributed by atoms with E-state index in [1.165, 1.54) is 16.3 Å². The van der Waals surface area contributed by atoms with Crippen LogP contribution >= 0.6 is 0 Å². The number of hydrogen-bond acceptors (Lipinski definition) is 6. The summed E-state index contributed by atoms with van der Waals surface area (Å²) < 4.78 is 31.5. The van der Waals surface area contributed by atoms with Crippen molar-refractivity contribution in [1.29, 1.82) is 0 Å². The fraction of sp³-hybridized carbons (Fsp3) is 0.875. The molecule has 8 nitrogen and oxygen atoms in total. The van der Waals surface area contributed by atoms with E-state index in [2.05, 4.69) is 0 Å². The number of carbonyl (C=O) groups excluding carboxylic acids is 2. The second kappa shape index (κ2) is 7.59. The van der Waals surface area contributed by atoms with E-state index in [4.69, 9.17) is 4.74 Å². The van der Waals surface area contributed by atoms with Crippen LogP contribution in [-0.2, 0) is 24.3 Å². The Morgan fingerprint density at radius 1 is 1.20 bits per heavy atom. The maximum atomic E-state index is 12.8. The van der Waals surface area contributed by atoms with Crippen LogP contribution in [0.25, 0.3) is 0 Å². The van der Waals surface area contributed by atoms with Crippen molar-refractivity contribution in [3.05, 3.63) is 0 Å². The van der Waals surface area contributed by atoms with Gasteiger partial charge in [-0.1, -0.05) is 13.8 Å². The molecule has 2 aliphatic rings.